The van der Waals surface area contributed by atoms with Crippen LogP contribution in [0.1, 0.15) is 30.6 Å². The molecule has 1 aliphatic heterocycles. The third-order valence-electron chi connectivity index (χ3n) is 5.25. The first kappa shape index (κ1) is 24.8. The van der Waals surface area contributed by atoms with E-state index in [1.807, 2.05) is 62.4 Å². The van der Waals surface area contributed by atoms with Crippen LogP contribution in [0.3, 0.4) is 0 Å². The zero-order chi connectivity index (χ0) is 24.8. The number of benzene rings is 3. The molecule has 0 aliphatic carbocycles. The average molecular weight is 509 g/mol. The van der Waals surface area contributed by atoms with E-state index in [9.17, 15) is 9.59 Å². The van der Waals surface area contributed by atoms with Crippen molar-refractivity contribution in [3.8, 4) is 11.5 Å². The molecule has 6 nitrogen and oxygen atoms in total. The van der Waals surface area contributed by atoms with E-state index in [2.05, 4.69) is 0 Å². The molecular formula is C27H25ClN2O4S. The predicted molar refractivity (Wildman–Crippen MR) is 142 cm³/mol. The van der Waals surface area contributed by atoms with E-state index < -0.39 is 5.25 Å². The van der Waals surface area contributed by atoms with Crippen molar-refractivity contribution in [1.29, 1.82) is 0 Å². The van der Waals surface area contributed by atoms with Gasteiger partial charge in [0.25, 0.3) is 0 Å². The Labute approximate surface area is 213 Å². The zero-order valence-corrected chi connectivity index (χ0v) is 21.0. The lowest BCUT2D eigenvalue weighted by Gasteiger charge is -2.17. The summed E-state index contributed by atoms with van der Waals surface area (Å²) in [5, 5.41) is 0.475. The van der Waals surface area contributed by atoms with E-state index >= 15 is 0 Å². The second kappa shape index (κ2) is 11.4. The van der Waals surface area contributed by atoms with Crippen molar-refractivity contribution in [1.82, 2.24) is 0 Å². The fraction of sp³-hybridized carbons (Fsp3) is 0.222. The lowest BCUT2D eigenvalue weighted by Crippen LogP contribution is -2.32. The van der Waals surface area contributed by atoms with Gasteiger partial charge in [0.2, 0.25) is 5.91 Å². The van der Waals surface area contributed by atoms with Crippen LogP contribution >= 0.6 is 23.4 Å². The largest absolute Gasteiger partial charge is 0.494 e. The average Bonchev–Trinajstić information content (AvgIpc) is 3.16. The smallest absolute Gasteiger partial charge is 0.247 e. The lowest BCUT2D eigenvalue weighted by molar-refractivity contribution is -0.116. The lowest BCUT2D eigenvalue weighted by atomic mass is 10.1. The molecule has 0 radical (unpaired) electrons. The Balaban J connectivity index is 1.62. The fourth-order valence-corrected chi connectivity index (χ4v) is 4.87. The highest BCUT2D eigenvalue weighted by Crippen LogP contribution is 2.36. The summed E-state index contributed by atoms with van der Waals surface area (Å²) >= 11 is 7.23. The summed E-state index contributed by atoms with van der Waals surface area (Å²) in [6.07, 6.45) is 0.0565. The van der Waals surface area contributed by atoms with Crippen LogP contribution in [0.25, 0.3) is 0 Å². The molecule has 1 saturated heterocycles. The monoisotopic (exact) mass is 508 g/mol. The van der Waals surface area contributed by atoms with Crippen molar-refractivity contribution < 1.29 is 19.1 Å². The summed E-state index contributed by atoms with van der Waals surface area (Å²) in [6.45, 7) is 4.97. The minimum Gasteiger partial charge on any atom is -0.494 e. The maximum atomic E-state index is 13.5. The van der Waals surface area contributed by atoms with Crippen molar-refractivity contribution in [3.05, 3.63) is 83.4 Å². The first-order chi connectivity index (χ1) is 17.0. The summed E-state index contributed by atoms with van der Waals surface area (Å²) < 4.78 is 11.0. The van der Waals surface area contributed by atoms with Crippen molar-refractivity contribution >= 4 is 51.6 Å². The van der Waals surface area contributed by atoms with Crippen LogP contribution in [0.15, 0.2) is 77.8 Å². The molecule has 0 unspecified atom stereocenters. The Morgan fingerprint density at radius 1 is 0.914 bits per heavy atom. The molecule has 1 heterocycles. The highest BCUT2D eigenvalue weighted by molar-refractivity contribution is 8.16. The molecule has 8 heteroatoms. The van der Waals surface area contributed by atoms with Gasteiger partial charge in [-0.1, -0.05) is 23.4 Å². The minimum absolute atomic E-state index is 0.0565. The number of thioether (sulfide) groups is 1. The van der Waals surface area contributed by atoms with Crippen LogP contribution in [0, 0.1) is 0 Å². The number of hydrogen-bond acceptors (Lipinski definition) is 6. The molecule has 0 saturated carbocycles. The molecule has 1 amide bonds. The number of amidine groups is 1. The first-order valence-electron chi connectivity index (χ1n) is 11.3. The quantitative estimate of drug-likeness (QED) is 0.307. The molecule has 1 fully saturated rings. The van der Waals surface area contributed by atoms with Crippen LogP contribution in [-0.2, 0) is 4.79 Å². The molecule has 35 heavy (non-hydrogen) atoms. The Hall–Kier alpha value is -3.29. The van der Waals surface area contributed by atoms with Crippen LogP contribution in [-0.4, -0.2) is 35.3 Å². The van der Waals surface area contributed by atoms with E-state index in [0.717, 1.165) is 11.5 Å². The number of carbonyl (C=O) groups excluding carboxylic acids is 2. The predicted octanol–water partition coefficient (Wildman–Crippen LogP) is 6.55. The van der Waals surface area contributed by atoms with Crippen molar-refractivity contribution in [2.24, 2.45) is 4.99 Å². The zero-order valence-electron chi connectivity index (χ0n) is 19.4. The summed E-state index contributed by atoms with van der Waals surface area (Å²) in [7, 11) is 0. The van der Waals surface area contributed by atoms with Gasteiger partial charge in [-0.05, 0) is 86.6 Å². The van der Waals surface area contributed by atoms with Crippen molar-refractivity contribution in [2.45, 2.75) is 25.5 Å². The summed E-state index contributed by atoms with van der Waals surface area (Å²) in [5.41, 5.74) is 1.87. The SMILES string of the molecule is CCOc1ccc(N=C2S[C@H](CC(=O)c3ccc(Cl)cc3)C(=O)N2c2ccc(OCC)cc2)cc1. The number of rotatable bonds is 9. The number of amides is 1. The maximum Gasteiger partial charge on any atom is 0.247 e. The standard InChI is InChI=1S/C27H25ClN2O4S/c1-3-33-22-13-9-20(10-14-22)29-27-30(21-11-15-23(16-12-21)34-4-2)26(32)25(35-27)17-24(31)18-5-7-19(28)8-6-18/h5-16,25H,3-4,17H2,1-2H3/t25-/m1/s1. The van der Waals surface area contributed by atoms with Crippen LogP contribution in [0.2, 0.25) is 5.02 Å². The maximum absolute atomic E-state index is 13.5. The summed E-state index contributed by atoms with van der Waals surface area (Å²) in [5.74, 6) is 1.16. The number of hydrogen-bond donors (Lipinski definition) is 0. The molecule has 0 bridgehead atoms. The highest BCUT2D eigenvalue weighted by atomic mass is 35.5. The van der Waals surface area contributed by atoms with Crippen LogP contribution in [0.4, 0.5) is 11.4 Å². The van der Waals surface area contributed by atoms with Gasteiger partial charge in [0.1, 0.15) is 11.5 Å². The van der Waals surface area contributed by atoms with Gasteiger partial charge in [0, 0.05) is 17.0 Å². The highest BCUT2D eigenvalue weighted by Gasteiger charge is 2.40. The summed E-state index contributed by atoms with van der Waals surface area (Å²) in [4.78, 5) is 32.7. The number of halogens is 1. The molecule has 4 rings (SSSR count). The molecule has 3 aromatic carbocycles. The molecule has 0 spiro atoms. The number of ketones is 1. The van der Waals surface area contributed by atoms with E-state index in [1.54, 1.807) is 29.2 Å². The van der Waals surface area contributed by atoms with Gasteiger partial charge in [0.05, 0.1) is 29.8 Å². The van der Waals surface area contributed by atoms with Crippen LogP contribution in [0.5, 0.6) is 11.5 Å². The molecule has 0 aromatic heterocycles. The van der Waals surface area contributed by atoms with E-state index in [-0.39, 0.29) is 18.1 Å². The summed E-state index contributed by atoms with van der Waals surface area (Å²) in [6, 6.07) is 21.3. The molecule has 180 valence electrons. The van der Waals surface area contributed by atoms with Crippen molar-refractivity contribution in [2.75, 3.05) is 18.1 Å². The molecule has 1 aliphatic rings. The van der Waals surface area contributed by atoms with E-state index in [1.165, 1.54) is 11.8 Å². The van der Waals surface area contributed by atoms with Gasteiger partial charge in [0.15, 0.2) is 11.0 Å². The van der Waals surface area contributed by atoms with Gasteiger partial charge in [-0.3, -0.25) is 14.5 Å². The van der Waals surface area contributed by atoms with Gasteiger partial charge >= 0.3 is 0 Å². The van der Waals surface area contributed by atoms with Gasteiger partial charge in [-0.2, -0.15) is 0 Å². The van der Waals surface area contributed by atoms with Crippen LogP contribution < -0.4 is 14.4 Å². The number of anilines is 1. The van der Waals surface area contributed by atoms with Gasteiger partial charge in [-0.15, -0.1) is 0 Å². The number of nitrogens with zero attached hydrogens (tertiary/aromatic N) is 2. The van der Waals surface area contributed by atoms with E-state index in [0.29, 0.717) is 40.3 Å². The number of carbonyl (C=O) groups is 2. The third-order valence-corrected chi connectivity index (χ3v) is 6.64. The van der Waals surface area contributed by atoms with Gasteiger partial charge < -0.3 is 9.47 Å². The normalized spacial score (nSPS) is 16.5. The number of ether oxygens (including phenoxy) is 2. The Morgan fingerprint density at radius 2 is 1.49 bits per heavy atom. The first-order valence-corrected chi connectivity index (χ1v) is 12.6. The fourth-order valence-electron chi connectivity index (χ4n) is 3.59. The number of aliphatic imine (C=N–C) groups is 1. The Bertz CT molecular complexity index is 1210. The minimum atomic E-state index is -0.591. The second-order valence-electron chi connectivity index (χ2n) is 7.66. The topological polar surface area (TPSA) is 68.2 Å². The molecule has 0 N–H and O–H groups in total. The molecule has 1 atom stereocenters. The number of Topliss-reactive ketones (excluding diaryl/α,β-unsaturated/α-hetero) is 1. The van der Waals surface area contributed by atoms with Crippen molar-refractivity contribution in [3.63, 3.8) is 0 Å². The second-order valence-corrected chi connectivity index (χ2v) is 9.27. The van der Waals surface area contributed by atoms with Gasteiger partial charge in [-0.25, -0.2) is 4.99 Å². The Morgan fingerprint density at radius 3 is 2.06 bits per heavy atom. The van der Waals surface area contributed by atoms with E-state index in [4.69, 9.17) is 26.1 Å². The third kappa shape index (κ3) is 6.05. The Kier molecular flexibility index (Phi) is 8.10. The molecular weight excluding hydrogens is 484 g/mol. The molecule has 3 aromatic rings.